The molecule has 20 heavy (non-hydrogen) atoms. The maximum atomic E-state index is 10.8. The van der Waals surface area contributed by atoms with Crippen LogP contribution in [0.3, 0.4) is 0 Å². The van der Waals surface area contributed by atoms with E-state index in [0.717, 1.165) is 27.5 Å². The standard InChI is InChI=1S/C15H18N2O2S/c1-9-5-10(2)15(11(3)6-9)17-13(7-12(4)16-17)20-8-14(18)19/h5-7H,8H2,1-4H3,(H,18,19). The van der Waals surface area contributed by atoms with Gasteiger partial charge in [-0.3, -0.25) is 4.79 Å². The van der Waals surface area contributed by atoms with Gasteiger partial charge in [0.05, 0.1) is 17.1 Å². The molecule has 1 N–H and O–H groups in total. The number of hydrogen-bond acceptors (Lipinski definition) is 3. The second-order valence-corrected chi connectivity index (χ2v) is 5.96. The minimum absolute atomic E-state index is 0.0368. The van der Waals surface area contributed by atoms with Gasteiger partial charge in [-0.2, -0.15) is 5.10 Å². The topological polar surface area (TPSA) is 55.1 Å². The summed E-state index contributed by atoms with van der Waals surface area (Å²) in [6.45, 7) is 8.09. The molecule has 0 bridgehead atoms. The van der Waals surface area contributed by atoms with Crippen LogP contribution in [-0.4, -0.2) is 26.6 Å². The van der Waals surface area contributed by atoms with Gasteiger partial charge in [0.2, 0.25) is 0 Å². The number of nitrogens with zero attached hydrogens (tertiary/aromatic N) is 2. The van der Waals surface area contributed by atoms with Crippen LogP contribution in [0.5, 0.6) is 0 Å². The van der Waals surface area contributed by atoms with Gasteiger partial charge in [0.25, 0.3) is 0 Å². The Morgan fingerprint density at radius 2 is 1.80 bits per heavy atom. The molecule has 1 aromatic heterocycles. The molecule has 0 aliphatic carbocycles. The van der Waals surface area contributed by atoms with E-state index in [0.29, 0.717) is 0 Å². The number of benzene rings is 1. The van der Waals surface area contributed by atoms with Gasteiger partial charge < -0.3 is 5.11 Å². The van der Waals surface area contributed by atoms with Gasteiger partial charge in [-0.05, 0) is 44.9 Å². The Labute approximate surface area is 122 Å². The summed E-state index contributed by atoms with van der Waals surface area (Å²) >= 11 is 1.29. The van der Waals surface area contributed by atoms with E-state index in [9.17, 15) is 4.79 Å². The molecule has 0 amide bonds. The van der Waals surface area contributed by atoms with Crippen LogP contribution >= 0.6 is 11.8 Å². The van der Waals surface area contributed by atoms with Crippen molar-refractivity contribution >= 4 is 17.7 Å². The molecule has 0 unspecified atom stereocenters. The predicted octanol–water partition coefficient (Wildman–Crippen LogP) is 3.28. The normalized spacial score (nSPS) is 10.8. The number of thioether (sulfide) groups is 1. The van der Waals surface area contributed by atoms with Crippen molar-refractivity contribution in [2.75, 3.05) is 5.75 Å². The Morgan fingerprint density at radius 3 is 2.35 bits per heavy atom. The largest absolute Gasteiger partial charge is 0.481 e. The number of aliphatic carboxylic acids is 1. The van der Waals surface area contributed by atoms with Crippen molar-refractivity contribution in [3.05, 3.63) is 40.6 Å². The van der Waals surface area contributed by atoms with E-state index >= 15 is 0 Å². The van der Waals surface area contributed by atoms with Gasteiger partial charge in [0.1, 0.15) is 5.03 Å². The van der Waals surface area contributed by atoms with E-state index < -0.39 is 5.97 Å². The fraction of sp³-hybridized carbons (Fsp3) is 0.333. The maximum Gasteiger partial charge on any atom is 0.313 e. The quantitative estimate of drug-likeness (QED) is 0.878. The summed E-state index contributed by atoms with van der Waals surface area (Å²) in [4.78, 5) is 10.8. The smallest absolute Gasteiger partial charge is 0.313 e. The number of aromatic nitrogens is 2. The molecule has 0 saturated heterocycles. The lowest BCUT2D eigenvalue weighted by Gasteiger charge is -2.13. The highest BCUT2D eigenvalue weighted by Crippen LogP contribution is 2.27. The van der Waals surface area contributed by atoms with E-state index in [1.54, 1.807) is 0 Å². The second kappa shape index (κ2) is 5.71. The SMILES string of the molecule is Cc1cc(C)c(-n2nc(C)cc2SCC(=O)O)c(C)c1. The van der Waals surface area contributed by atoms with Crippen molar-refractivity contribution in [2.45, 2.75) is 32.7 Å². The summed E-state index contributed by atoms with van der Waals surface area (Å²) in [5, 5.41) is 14.2. The second-order valence-electron chi connectivity index (χ2n) is 4.97. The van der Waals surface area contributed by atoms with Gasteiger partial charge in [-0.25, -0.2) is 4.68 Å². The van der Waals surface area contributed by atoms with E-state index in [1.165, 1.54) is 17.3 Å². The van der Waals surface area contributed by atoms with Gasteiger partial charge >= 0.3 is 5.97 Å². The van der Waals surface area contributed by atoms with Crippen molar-refractivity contribution in [3.63, 3.8) is 0 Å². The van der Waals surface area contributed by atoms with Crippen molar-refractivity contribution in [1.82, 2.24) is 9.78 Å². The fourth-order valence-corrected chi connectivity index (χ4v) is 3.16. The fourth-order valence-electron chi connectivity index (χ4n) is 2.38. The Bertz CT molecular complexity index is 639. The van der Waals surface area contributed by atoms with Crippen LogP contribution in [0.4, 0.5) is 0 Å². The van der Waals surface area contributed by atoms with E-state index in [2.05, 4.69) is 38.0 Å². The molecule has 1 heterocycles. The number of aryl methyl sites for hydroxylation is 4. The third-order valence-corrected chi connectivity index (χ3v) is 3.97. The third-order valence-electron chi connectivity index (χ3n) is 2.99. The highest BCUT2D eigenvalue weighted by atomic mass is 32.2. The van der Waals surface area contributed by atoms with Gasteiger partial charge in [0.15, 0.2) is 0 Å². The highest BCUT2D eigenvalue weighted by molar-refractivity contribution is 7.99. The summed E-state index contributed by atoms with van der Waals surface area (Å²) in [7, 11) is 0. The minimum Gasteiger partial charge on any atom is -0.481 e. The molecule has 0 fully saturated rings. The van der Waals surface area contributed by atoms with Gasteiger partial charge in [-0.1, -0.05) is 29.5 Å². The van der Waals surface area contributed by atoms with E-state index in [4.69, 9.17) is 5.11 Å². The molecular weight excluding hydrogens is 272 g/mol. The zero-order valence-electron chi connectivity index (χ0n) is 12.1. The molecule has 1 aromatic carbocycles. The summed E-state index contributed by atoms with van der Waals surface area (Å²) in [5.41, 5.74) is 5.42. The molecule has 0 radical (unpaired) electrons. The molecule has 0 aliphatic rings. The predicted molar refractivity (Wildman–Crippen MR) is 80.9 cm³/mol. The monoisotopic (exact) mass is 290 g/mol. The summed E-state index contributed by atoms with van der Waals surface area (Å²) in [6.07, 6.45) is 0. The average molecular weight is 290 g/mol. The van der Waals surface area contributed by atoms with Gasteiger partial charge in [-0.15, -0.1) is 0 Å². The molecule has 5 heteroatoms. The lowest BCUT2D eigenvalue weighted by Crippen LogP contribution is -2.06. The van der Waals surface area contributed by atoms with Gasteiger partial charge in [0, 0.05) is 0 Å². The zero-order valence-corrected chi connectivity index (χ0v) is 12.9. The van der Waals surface area contributed by atoms with Crippen LogP contribution in [0.2, 0.25) is 0 Å². The molecule has 0 saturated carbocycles. The minimum atomic E-state index is -0.822. The van der Waals surface area contributed by atoms with Crippen LogP contribution in [0.15, 0.2) is 23.2 Å². The Morgan fingerprint density at radius 1 is 1.20 bits per heavy atom. The van der Waals surface area contributed by atoms with E-state index in [-0.39, 0.29) is 5.75 Å². The van der Waals surface area contributed by atoms with Crippen LogP contribution < -0.4 is 0 Å². The van der Waals surface area contributed by atoms with Crippen molar-refractivity contribution in [2.24, 2.45) is 0 Å². The van der Waals surface area contributed by atoms with Crippen LogP contribution in [0, 0.1) is 27.7 Å². The molecule has 4 nitrogen and oxygen atoms in total. The van der Waals surface area contributed by atoms with Crippen LogP contribution in [0.25, 0.3) is 5.69 Å². The lowest BCUT2D eigenvalue weighted by atomic mass is 10.1. The molecule has 2 aromatic rings. The number of carboxylic acids is 1. The first-order valence-corrected chi connectivity index (χ1v) is 7.36. The lowest BCUT2D eigenvalue weighted by molar-refractivity contribution is -0.133. The molecule has 0 spiro atoms. The molecule has 2 rings (SSSR count). The summed E-state index contributed by atoms with van der Waals surface area (Å²) in [5.74, 6) is -0.785. The highest BCUT2D eigenvalue weighted by Gasteiger charge is 2.14. The maximum absolute atomic E-state index is 10.8. The summed E-state index contributed by atoms with van der Waals surface area (Å²) < 4.78 is 1.85. The summed E-state index contributed by atoms with van der Waals surface area (Å²) in [6, 6.07) is 6.16. The average Bonchev–Trinajstić information content (AvgIpc) is 2.66. The number of carboxylic acid groups (broad SMARTS) is 1. The van der Waals surface area contributed by atoms with Crippen molar-refractivity contribution < 1.29 is 9.90 Å². The zero-order chi connectivity index (χ0) is 14.9. The Balaban J connectivity index is 2.50. The number of hydrogen-bond donors (Lipinski definition) is 1. The Hall–Kier alpha value is -1.75. The molecule has 0 aliphatic heterocycles. The Kier molecular flexibility index (Phi) is 4.18. The molecule has 0 atom stereocenters. The first kappa shape index (κ1) is 14.7. The number of rotatable bonds is 4. The molecule has 106 valence electrons. The van der Waals surface area contributed by atoms with E-state index in [1.807, 2.05) is 17.7 Å². The van der Waals surface area contributed by atoms with Crippen molar-refractivity contribution in [3.8, 4) is 5.69 Å². The first-order valence-electron chi connectivity index (χ1n) is 6.38. The van der Waals surface area contributed by atoms with Crippen LogP contribution in [0.1, 0.15) is 22.4 Å². The third kappa shape index (κ3) is 3.04. The number of carbonyl (C=O) groups is 1. The van der Waals surface area contributed by atoms with Crippen LogP contribution in [-0.2, 0) is 4.79 Å². The molecular formula is C15H18N2O2S. The van der Waals surface area contributed by atoms with Crippen molar-refractivity contribution in [1.29, 1.82) is 0 Å². The first-order chi connectivity index (χ1) is 9.38.